The fraction of sp³-hybridized carbons (Fsp3) is 0.263. The first-order valence-corrected chi connectivity index (χ1v) is 8.24. The van der Waals surface area contributed by atoms with Crippen molar-refractivity contribution in [1.82, 2.24) is 5.32 Å². The van der Waals surface area contributed by atoms with Crippen molar-refractivity contribution in [2.24, 2.45) is 5.16 Å². The summed E-state index contributed by atoms with van der Waals surface area (Å²) in [5.41, 5.74) is 1.75. The molecule has 0 aromatic heterocycles. The number of carbonyl (C=O) groups is 1. The summed E-state index contributed by atoms with van der Waals surface area (Å²) < 4.78 is 11.5. The molecule has 2 aromatic rings. The molecule has 0 fully saturated rings. The number of nitrogens with one attached hydrogen (secondary N) is 1. The van der Waals surface area contributed by atoms with Crippen LogP contribution in [0.3, 0.4) is 0 Å². The van der Waals surface area contributed by atoms with Crippen molar-refractivity contribution in [2.75, 3.05) is 13.2 Å². The smallest absolute Gasteiger partial charge is 0.264 e. The number of oxime groups is 1. The predicted octanol–water partition coefficient (Wildman–Crippen LogP) is 2.14. The summed E-state index contributed by atoms with van der Waals surface area (Å²) in [6.45, 7) is 0.752. The van der Waals surface area contributed by atoms with Crippen LogP contribution in [0.1, 0.15) is 12.0 Å². The third kappa shape index (κ3) is 3.42. The molecule has 1 N–H and O–H groups in total. The summed E-state index contributed by atoms with van der Waals surface area (Å²) >= 11 is 0. The largest absolute Gasteiger partial charge is 0.486 e. The summed E-state index contributed by atoms with van der Waals surface area (Å²) in [4.78, 5) is 17.6. The van der Waals surface area contributed by atoms with Crippen LogP contribution < -0.4 is 14.8 Å². The monoisotopic (exact) mass is 338 g/mol. The maximum absolute atomic E-state index is 12.3. The van der Waals surface area contributed by atoms with E-state index < -0.39 is 6.10 Å². The molecule has 4 rings (SSSR count). The molecule has 1 amide bonds. The summed E-state index contributed by atoms with van der Waals surface area (Å²) in [6.07, 6.45) is -0.373. The highest BCUT2D eigenvalue weighted by Crippen LogP contribution is 2.30. The van der Waals surface area contributed by atoms with E-state index in [1.54, 1.807) is 0 Å². The first kappa shape index (κ1) is 15.5. The number of benzene rings is 2. The molecule has 0 saturated carbocycles. The fourth-order valence-electron chi connectivity index (χ4n) is 2.81. The number of amides is 1. The molecule has 6 heteroatoms. The van der Waals surface area contributed by atoms with E-state index in [1.165, 1.54) is 0 Å². The van der Waals surface area contributed by atoms with Gasteiger partial charge in [-0.15, -0.1) is 0 Å². The number of fused-ring (bicyclic) bond motifs is 1. The van der Waals surface area contributed by atoms with Gasteiger partial charge in [0.05, 0.1) is 12.3 Å². The lowest BCUT2D eigenvalue weighted by atomic mass is 10.0. The summed E-state index contributed by atoms with van der Waals surface area (Å²) in [7, 11) is 0. The van der Waals surface area contributed by atoms with Crippen LogP contribution in [0, 0.1) is 0 Å². The maximum Gasteiger partial charge on any atom is 0.264 e. The molecule has 0 radical (unpaired) electrons. The second-order valence-electron chi connectivity index (χ2n) is 5.94. The van der Waals surface area contributed by atoms with Crippen LogP contribution in [0.2, 0.25) is 0 Å². The number of carbonyl (C=O) groups excluding carboxylic acids is 1. The molecular weight excluding hydrogens is 320 g/mol. The van der Waals surface area contributed by atoms with Crippen molar-refractivity contribution in [1.29, 1.82) is 0 Å². The van der Waals surface area contributed by atoms with Gasteiger partial charge in [-0.1, -0.05) is 47.6 Å². The Balaban J connectivity index is 1.28. The molecule has 2 heterocycles. The van der Waals surface area contributed by atoms with Crippen LogP contribution in [0.4, 0.5) is 0 Å². The average Bonchev–Trinajstić information content (AvgIpc) is 3.17. The van der Waals surface area contributed by atoms with Crippen molar-refractivity contribution in [2.45, 2.75) is 18.6 Å². The first-order valence-electron chi connectivity index (χ1n) is 8.24. The van der Waals surface area contributed by atoms with Gasteiger partial charge in [0.1, 0.15) is 12.7 Å². The lowest BCUT2D eigenvalue weighted by molar-refractivity contribution is -0.131. The van der Waals surface area contributed by atoms with Crippen LogP contribution in [-0.2, 0) is 9.63 Å². The Kier molecular flexibility index (Phi) is 4.24. The van der Waals surface area contributed by atoms with Gasteiger partial charge < -0.3 is 19.6 Å². The van der Waals surface area contributed by atoms with Gasteiger partial charge in [0.25, 0.3) is 5.91 Å². The minimum absolute atomic E-state index is 0.197. The second-order valence-corrected chi connectivity index (χ2v) is 5.94. The van der Waals surface area contributed by atoms with Crippen molar-refractivity contribution in [3.05, 3.63) is 60.2 Å². The number of hydrogen-bond donors (Lipinski definition) is 1. The molecule has 2 aromatic carbocycles. The van der Waals surface area contributed by atoms with E-state index in [1.807, 2.05) is 54.6 Å². The predicted molar refractivity (Wildman–Crippen MR) is 91.8 cm³/mol. The topological polar surface area (TPSA) is 69.2 Å². The van der Waals surface area contributed by atoms with Crippen LogP contribution in [-0.4, -0.2) is 37.0 Å². The molecule has 0 bridgehead atoms. The summed E-state index contributed by atoms with van der Waals surface area (Å²) in [5, 5.41) is 6.89. The molecule has 2 atom stereocenters. The molecule has 128 valence electrons. The van der Waals surface area contributed by atoms with Gasteiger partial charge in [0.2, 0.25) is 6.10 Å². The van der Waals surface area contributed by atoms with E-state index >= 15 is 0 Å². The van der Waals surface area contributed by atoms with Crippen molar-refractivity contribution < 1.29 is 19.1 Å². The third-order valence-corrected chi connectivity index (χ3v) is 4.14. The summed E-state index contributed by atoms with van der Waals surface area (Å²) in [5.74, 6) is 1.22. The van der Waals surface area contributed by atoms with Gasteiger partial charge in [-0.3, -0.25) is 4.79 Å². The van der Waals surface area contributed by atoms with E-state index in [4.69, 9.17) is 14.3 Å². The Bertz CT molecular complexity index is 791. The third-order valence-electron chi connectivity index (χ3n) is 4.14. The Morgan fingerprint density at radius 2 is 1.84 bits per heavy atom. The molecule has 0 spiro atoms. The zero-order chi connectivity index (χ0) is 17.1. The van der Waals surface area contributed by atoms with E-state index in [-0.39, 0.29) is 12.0 Å². The molecule has 25 heavy (non-hydrogen) atoms. The zero-order valence-electron chi connectivity index (χ0n) is 13.6. The van der Waals surface area contributed by atoms with Crippen LogP contribution >= 0.6 is 0 Å². The van der Waals surface area contributed by atoms with E-state index in [0.717, 1.165) is 17.0 Å². The van der Waals surface area contributed by atoms with E-state index in [2.05, 4.69) is 10.5 Å². The molecular formula is C19H18N2O4. The number of ether oxygens (including phenoxy) is 2. The Hall–Kier alpha value is -3.02. The quantitative estimate of drug-likeness (QED) is 0.927. The van der Waals surface area contributed by atoms with Crippen LogP contribution in [0.15, 0.2) is 59.8 Å². The lowest BCUT2D eigenvalue weighted by Gasteiger charge is -2.26. The minimum atomic E-state index is -0.605. The van der Waals surface area contributed by atoms with E-state index in [0.29, 0.717) is 25.3 Å². The Labute approximate surface area is 145 Å². The maximum atomic E-state index is 12.3. The van der Waals surface area contributed by atoms with Gasteiger partial charge >= 0.3 is 0 Å². The van der Waals surface area contributed by atoms with E-state index in [9.17, 15) is 4.79 Å². The molecule has 2 aliphatic rings. The van der Waals surface area contributed by atoms with Crippen molar-refractivity contribution in [3.63, 3.8) is 0 Å². The molecule has 6 nitrogen and oxygen atoms in total. The molecule has 0 aliphatic carbocycles. The van der Waals surface area contributed by atoms with Gasteiger partial charge in [-0.2, -0.15) is 0 Å². The minimum Gasteiger partial charge on any atom is -0.486 e. The van der Waals surface area contributed by atoms with Crippen molar-refractivity contribution >= 4 is 11.6 Å². The van der Waals surface area contributed by atoms with Crippen molar-refractivity contribution in [3.8, 4) is 11.5 Å². The number of para-hydroxylation sites is 2. The Morgan fingerprint density at radius 1 is 1.08 bits per heavy atom. The van der Waals surface area contributed by atoms with Gasteiger partial charge in [0.15, 0.2) is 11.5 Å². The van der Waals surface area contributed by atoms with Gasteiger partial charge in [-0.25, -0.2) is 0 Å². The highest BCUT2D eigenvalue weighted by atomic mass is 16.6. The average molecular weight is 338 g/mol. The van der Waals surface area contributed by atoms with Gasteiger partial charge in [0, 0.05) is 6.42 Å². The van der Waals surface area contributed by atoms with Crippen LogP contribution in [0.25, 0.3) is 0 Å². The first-order chi connectivity index (χ1) is 12.3. The highest BCUT2D eigenvalue weighted by molar-refractivity contribution is 6.04. The normalized spacial score (nSPS) is 21.2. The SMILES string of the molecule is O=C(NC[C@@H]1COc2ccccc2O1)[C@@H]1CC(c2ccccc2)=NO1. The molecule has 2 aliphatic heterocycles. The number of hydrogen-bond acceptors (Lipinski definition) is 5. The number of rotatable bonds is 4. The lowest BCUT2D eigenvalue weighted by Crippen LogP contribution is -2.44. The number of nitrogens with zero attached hydrogens (tertiary/aromatic N) is 1. The van der Waals surface area contributed by atoms with Gasteiger partial charge in [-0.05, 0) is 17.7 Å². The second kappa shape index (κ2) is 6.84. The molecule has 0 unspecified atom stereocenters. The highest BCUT2D eigenvalue weighted by Gasteiger charge is 2.30. The fourth-order valence-corrected chi connectivity index (χ4v) is 2.81. The standard InChI is InChI=1S/C19H18N2O4/c22-19(18-10-15(21-25-18)13-6-2-1-3-7-13)20-11-14-12-23-16-8-4-5-9-17(16)24-14/h1-9,14,18H,10-12H2,(H,20,22)/t14-,18+/m1/s1. The Morgan fingerprint density at radius 3 is 2.68 bits per heavy atom. The van der Waals surface area contributed by atoms with Crippen LogP contribution in [0.5, 0.6) is 11.5 Å². The zero-order valence-corrected chi connectivity index (χ0v) is 13.6. The molecule has 0 saturated heterocycles. The summed E-state index contributed by atoms with van der Waals surface area (Å²) in [6, 6.07) is 17.2.